The number of amides is 2. The fraction of sp³-hybridized carbons (Fsp3) is 0.967. The van der Waals surface area contributed by atoms with Crippen LogP contribution in [-0.2, 0) is 9.59 Å². The Hall–Kier alpha value is -1.14. The van der Waals surface area contributed by atoms with Gasteiger partial charge in [0, 0.05) is 51.7 Å². The molecule has 0 spiro atoms. The lowest BCUT2D eigenvalue weighted by Crippen LogP contribution is -2.49. The van der Waals surface area contributed by atoms with E-state index in [2.05, 4.69) is 42.4 Å². The normalized spacial score (nSPS) is 14.8. The molecule has 0 aromatic carbocycles. The number of rotatable bonds is 54. The molecule has 6 nitrogen and oxygen atoms in total. The summed E-state index contributed by atoms with van der Waals surface area (Å²) in [6, 6.07) is 0.557. The van der Waals surface area contributed by atoms with E-state index in [1.807, 2.05) is 0 Å². The van der Waals surface area contributed by atoms with E-state index in [9.17, 15) is 14.7 Å². The summed E-state index contributed by atoms with van der Waals surface area (Å²) in [5.41, 5.74) is 0. The molecule has 2 atom stereocenters. The van der Waals surface area contributed by atoms with Crippen LogP contribution in [0.3, 0.4) is 0 Å². The first-order valence-corrected chi connectivity index (χ1v) is 30.9. The zero-order valence-corrected chi connectivity index (χ0v) is 46.2. The molecule has 0 heterocycles. The predicted molar refractivity (Wildman–Crippen MR) is 294 cm³/mol. The summed E-state index contributed by atoms with van der Waals surface area (Å²) >= 11 is 0. The monoisotopic (exact) mass is 944 g/mol. The molecule has 1 aliphatic carbocycles. The quantitative estimate of drug-likeness (QED) is 0.0617. The van der Waals surface area contributed by atoms with Crippen molar-refractivity contribution in [2.45, 2.75) is 329 Å². The van der Waals surface area contributed by atoms with E-state index >= 15 is 0 Å². The Balaban J connectivity index is 2.41. The maximum absolute atomic E-state index is 13.5. The van der Waals surface area contributed by atoms with Crippen molar-refractivity contribution in [2.24, 2.45) is 5.92 Å². The van der Waals surface area contributed by atoms with Crippen molar-refractivity contribution >= 4 is 11.8 Å². The summed E-state index contributed by atoms with van der Waals surface area (Å²) < 4.78 is 0. The lowest BCUT2D eigenvalue weighted by atomic mass is 9.79. The molecule has 2 unspecified atom stereocenters. The summed E-state index contributed by atoms with van der Waals surface area (Å²) in [6.07, 6.45) is 57.9. The van der Waals surface area contributed by atoms with Gasteiger partial charge in [0.05, 0.1) is 0 Å². The fourth-order valence-corrected chi connectivity index (χ4v) is 10.7. The van der Waals surface area contributed by atoms with Crippen molar-refractivity contribution < 1.29 is 14.7 Å². The highest BCUT2D eigenvalue weighted by molar-refractivity contribution is 5.76. The van der Waals surface area contributed by atoms with E-state index in [0.29, 0.717) is 30.4 Å². The van der Waals surface area contributed by atoms with E-state index in [1.54, 1.807) is 0 Å². The van der Waals surface area contributed by atoms with Crippen LogP contribution in [0.15, 0.2) is 0 Å². The zero-order valence-electron chi connectivity index (χ0n) is 46.2. The van der Waals surface area contributed by atoms with Crippen molar-refractivity contribution in [1.82, 2.24) is 14.7 Å². The summed E-state index contributed by atoms with van der Waals surface area (Å²) in [5.74, 6) is 1.28. The maximum atomic E-state index is 13.5. The van der Waals surface area contributed by atoms with E-state index in [0.717, 1.165) is 77.8 Å². The van der Waals surface area contributed by atoms with Gasteiger partial charge in [0.1, 0.15) is 0 Å². The second kappa shape index (κ2) is 49.8. The van der Waals surface area contributed by atoms with Gasteiger partial charge in [-0.1, -0.05) is 246 Å². The Morgan fingerprint density at radius 2 is 0.567 bits per heavy atom. The molecule has 67 heavy (non-hydrogen) atoms. The molecule has 0 radical (unpaired) electrons. The molecular weight excluding hydrogens is 823 g/mol. The lowest BCUT2D eigenvalue weighted by molar-refractivity contribution is -0.132. The highest BCUT2D eigenvalue weighted by atomic mass is 16.3. The van der Waals surface area contributed by atoms with Crippen LogP contribution in [-0.4, -0.2) is 83.5 Å². The Labute approximate surface area is 420 Å². The third-order valence-electron chi connectivity index (χ3n) is 15.6. The Kier molecular flexibility index (Phi) is 47.5. The Morgan fingerprint density at radius 3 is 0.806 bits per heavy atom. The standard InChI is InChI=1S/C61H121N3O3/c1-5-9-13-17-21-25-33-43-53-63(54-44-34-26-22-18-14-10-6-2)60(66)47-39-31-29-37-41-51-62(59-50-49-58(59)57-65)52-42-38-30-32-40-48-61(67)64(55-45-35-27-23-19-15-11-7-3)56-46-36-28-24-20-16-12-8-4/h58-59,65H,5-57H2,1-4H3. The molecular formula is C61H121N3O3. The molecule has 1 fully saturated rings. The first kappa shape index (κ1) is 63.9. The van der Waals surface area contributed by atoms with Crippen molar-refractivity contribution in [3.63, 3.8) is 0 Å². The summed E-state index contributed by atoms with van der Waals surface area (Å²) in [7, 11) is 0. The highest BCUT2D eigenvalue weighted by Gasteiger charge is 2.34. The van der Waals surface area contributed by atoms with Crippen LogP contribution in [0.5, 0.6) is 0 Å². The minimum Gasteiger partial charge on any atom is -0.396 e. The van der Waals surface area contributed by atoms with Gasteiger partial charge in [-0.25, -0.2) is 0 Å². The number of carbonyl (C=O) groups is 2. The van der Waals surface area contributed by atoms with Crippen LogP contribution >= 0.6 is 0 Å². The van der Waals surface area contributed by atoms with Crippen LogP contribution in [0.4, 0.5) is 0 Å². The Morgan fingerprint density at radius 1 is 0.328 bits per heavy atom. The van der Waals surface area contributed by atoms with Crippen molar-refractivity contribution in [3.05, 3.63) is 0 Å². The van der Waals surface area contributed by atoms with E-state index in [4.69, 9.17) is 0 Å². The largest absolute Gasteiger partial charge is 0.396 e. The van der Waals surface area contributed by atoms with Gasteiger partial charge in [-0.2, -0.15) is 0 Å². The number of nitrogens with zero attached hydrogens (tertiary/aromatic N) is 3. The molecule has 0 bridgehead atoms. The van der Waals surface area contributed by atoms with Crippen molar-refractivity contribution in [1.29, 1.82) is 0 Å². The first-order valence-electron chi connectivity index (χ1n) is 30.9. The van der Waals surface area contributed by atoms with Gasteiger partial charge in [-0.3, -0.25) is 9.59 Å². The molecule has 0 saturated heterocycles. The maximum Gasteiger partial charge on any atom is 0.222 e. The second-order valence-corrected chi connectivity index (χ2v) is 21.8. The van der Waals surface area contributed by atoms with Gasteiger partial charge in [0.25, 0.3) is 0 Å². The molecule has 398 valence electrons. The number of aliphatic hydroxyl groups excluding tert-OH is 1. The number of hydrogen-bond acceptors (Lipinski definition) is 4. The van der Waals surface area contributed by atoms with E-state index in [-0.39, 0.29) is 0 Å². The fourth-order valence-electron chi connectivity index (χ4n) is 10.7. The van der Waals surface area contributed by atoms with Crippen LogP contribution < -0.4 is 0 Å². The summed E-state index contributed by atoms with van der Waals surface area (Å²) in [6.45, 7) is 15.6. The van der Waals surface area contributed by atoms with E-state index < -0.39 is 0 Å². The van der Waals surface area contributed by atoms with Gasteiger partial charge in [-0.05, 0) is 83.2 Å². The summed E-state index contributed by atoms with van der Waals surface area (Å²) in [5, 5.41) is 10.1. The molecule has 6 heteroatoms. The molecule has 0 aromatic rings. The molecule has 2 amide bonds. The van der Waals surface area contributed by atoms with Crippen LogP contribution in [0.25, 0.3) is 0 Å². The van der Waals surface area contributed by atoms with Gasteiger partial charge < -0.3 is 19.8 Å². The van der Waals surface area contributed by atoms with E-state index in [1.165, 1.54) is 257 Å². The smallest absolute Gasteiger partial charge is 0.222 e. The first-order chi connectivity index (χ1) is 33.0. The topological polar surface area (TPSA) is 64.1 Å². The van der Waals surface area contributed by atoms with Crippen molar-refractivity contribution in [2.75, 3.05) is 45.9 Å². The average Bonchev–Trinajstić information content (AvgIpc) is 3.32. The molecule has 0 aliphatic heterocycles. The van der Waals surface area contributed by atoms with Crippen LogP contribution in [0.1, 0.15) is 323 Å². The molecule has 1 rings (SSSR count). The van der Waals surface area contributed by atoms with Crippen LogP contribution in [0.2, 0.25) is 0 Å². The van der Waals surface area contributed by atoms with Gasteiger partial charge in [0.15, 0.2) is 0 Å². The number of hydrogen-bond donors (Lipinski definition) is 1. The van der Waals surface area contributed by atoms with Crippen LogP contribution in [0, 0.1) is 5.92 Å². The molecule has 0 aromatic heterocycles. The van der Waals surface area contributed by atoms with Gasteiger partial charge in [0.2, 0.25) is 11.8 Å². The number of carbonyl (C=O) groups excluding carboxylic acids is 2. The lowest BCUT2D eigenvalue weighted by Gasteiger charge is -2.44. The predicted octanol–water partition coefficient (Wildman–Crippen LogP) is 18.0. The third-order valence-corrected chi connectivity index (χ3v) is 15.6. The van der Waals surface area contributed by atoms with Gasteiger partial charge >= 0.3 is 0 Å². The number of aliphatic hydroxyl groups is 1. The number of unbranched alkanes of at least 4 members (excludes halogenated alkanes) is 36. The summed E-state index contributed by atoms with van der Waals surface area (Å²) in [4.78, 5) is 34.1. The Bertz CT molecular complexity index is 927. The molecule has 1 saturated carbocycles. The highest BCUT2D eigenvalue weighted by Crippen LogP contribution is 2.32. The minimum atomic E-state index is 0.327. The minimum absolute atomic E-state index is 0.327. The molecule has 1 aliphatic rings. The molecule has 1 N–H and O–H groups in total. The zero-order chi connectivity index (χ0) is 48.5. The van der Waals surface area contributed by atoms with Gasteiger partial charge in [-0.15, -0.1) is 0 Å². The van der Waals surface area contributed by atoms with Crippen molar-refractivity contribution in [3.8, 4) is 0 Å². The third kappa shape index (κ3) is 38.2. The SMILES string of the molecule is CCCCCCCCCCN(CCCCCCCCCC)C(=O)CCCCCCCN(CCCCCCCC(=O)N(CCCCCCCCCC)CCCCCCCCCC)C1CCC1CO. The second-order valence-electron chi connectivity index (χ2n) is 21.8. The average molecular weight is 945 g/mol.